The van der Waals surface area contributed by atoms with Crippen LogP contribution in [-0.2, 0) is 9.59 Å². The summed E-state index contributed by atoms with van der Waals surface area (Å²) >= 11 is 1.48. The highest BCUT2D eigenvalue weighted by atomic mass is 32.1. The highest BCUT2D eigenvalue weighted by Crippen LogP contribution is 2.40. The maximum absolute atomic E-state index is 12.7. The van der Waals surface area contributed by atoms with Gasteiger partial charge in [-0.05, 0) is 38.5 Å². The number of rotatable bonds is 6. The lowest BCUT2D eigenvalue weighted by Crippen LogP contribution is -2.32. The maximum Gasteiger partial charge on any atom is 0.295 e. The molecule has 1 aromatic heterocycles. The van der Waals surface area contributed by atoms with E-state index >= 15 is 0 Å². The molecule has 1 saturated heterocycles. The van der Waals surface area contributed by atoms with Crippen LogP contribution < -0.4 is 0 Å². The molecule has 136 valence electrons. The van der Waals surface area contributed by atoms with Gasteiger partial charge in [0.15, 0.2) is 0 Å². The van der Waals surface area contributed by atoms with Gasteiger partial charge in [0.1, 0.15) is 5.76 Å². The van der Waals surface area contributed by atoms with Crippen molar-refractivity contribution >= 4 is 28.8 Å². The highest BCUT2D eigenvalue weighted by Gasteiger charge is 2.46. The zero-order valence-corrected chi connectivity index (χ0v) is 15.7. The summed E-state index contributed by atoms with van der Waals surface area (Å²) in [4.78, 5) is 29.9. The average Bonchev–Trinajstić information content (AvgIpc) is 3.24. The molecule has 0 radical (unpaired) electrons. The molecule has 0 bridgehead atoms. The van der Waals surface area contributed by atoms with Crippen molar-refractivity contribution in [2.45, 2.75) is 12.5 Å². The molecule has 1 aliphatic heterocycles. The lowest BCUT2D eigenvalue weighted by atomic mass is 10.00. The molecule has 2 heterocycles. The normalized spacial score (nSPS) is 19.5. The molecule has 1 amide bonds. The number of amides is 1. The van der Waals surface area contributed by atoms with Crippen LogP contribution in [0.2, 0.25) is 0 Å². The summed E-state index contributed by atoms with van der Waals surface area (Å²) in [5.41, 5.74) is 0.717. The van der Waals surface area contributed by atoms with E-state index in [2.05, 4.69) is 0 Å². The van der Waals surface area contributed by atoms with Crippen molar-refractivity contribution in [3.63, 3.8) is 0 Å². The van der Waals surface area contributed by atoms with Gasteiger partial charge in [0.05, 0.1) is 11.6 Å². The van der Waals surface area contributed by atoms with E-state index in [4.69, 9.17) is 0 Å². The van der Waals surface area contributed by atoms with Gasteiger partial charge in [-0.1, -0.05) is 36.4 Å². The van der Waals surface area contributed by atoms with Crippen LogP contribution in [0, 0.1) is 0 Å². The molecule has 0 aliphatic carbocycles. The number of aliphatic hydroxyl groups excluding tert-OH is 1. The Labute approximate surface area is 157 Å². The Kier molecular flexibility index (Phi) is 5.54. The summed E-state index contributed by atoms with van der Waals surface area (Å²) in [6.07, 6.45) is 0.757. The smallest absolute Gasteiger partial charge is 0.295 e. The molecule has 1 aromatic carbocycles. The number of likely N-dealkylation sites (tertiary alicyclic amines) is 1. The first-order valence-corrected chi connectivity index (χ1v) is 9.40. The molecule has 2 aromatic rings. The number of carbonyl (C=O) groups excluding carboxylic acids is 2. The number of hydrogen-bond donors (Lipinski definition) is 1. The Morgan fingerprint density at radius 1 is 1.15 bits per heavy atom. The topological polar surface area (TPSA) is 60.9 Å². The number of aliphatic hydroxyl groups is 1. The second-order valence-electron chi connectivity index (χ2n) is 6.53. The predicted octanol–water partition coefficient (Wildman–Crippen LogP) is 3.12. The van der Waals surface area contributed by atoms with Gasteiger partial charge in [-0.15, -0.1) is 11.3 Å². The molecule has 0 saturated carbocycles. The Balaban J connectivity index is 2.02. The monoisotopic (exact) mass is 370 g/mol. The van der Waals surface area contributed by atoms with Gasteiger partial charge in [0.2, 0.25) is 0 Å². The van der Waals surface area contributed by atoms with Crippen LogP contribution in [0.4, 0.5) is 0 Å². The highest BCUT2D eigenvalue weighted by molar-refractivity contribution is 7.10. The third kappa shape index (κ3) is 3.57. The van der Waals surface area contributed by atoms with Crippen LogP contribution in [0.5, 0.6) is 0 Å². The summed E-state index contributed by atoms with van der Waals surface area (Å²) < 4.78 is 0. The van der Waals surface area contributed by atoms with Gasteiger partial charge in [-0.25, -0.2) is 0 Å². The van der Waals surface area contributed by atoms with Crippen molar-refractivity contribution in [1.82, 2.24) is 9.80 Å². The Bertz CT molecular complexity index is 813. The summed E-state index contributed by atoms with van der Waals surface area (Å²) in [5.74, 6) is -1.27. The van der Waals surface area contributed by atoms with Crippen LogP contribution in [0.1, 0.15) is 22.9 Å². The molecule has 1 unspecified atom stereocenters. The first-order valence-electron chi connectivity index (χ1n) is 8.52. The number of nitrogens with zero attached hydrogens (tertiary/aromatic N) is 2. The number of thiophene rings is 1. The molecule has 6 heteroatoms. The maximum atomic E-state index is 12.7. The SMILES string of the molecule is CN(C)CCCN1C(=O)C(=O)/C(=C(\O)c2ccccc2)C1c1cccs1. The van der Waals surface area contributed by atoms with Crippen LogP contribution in [0.15, 0.2) is 53.4 Å². The van der Waals surface area contributed by atoms with E-state index in [-0.39, 0.29) is 11.3 Å². The quantitative estimate of drug-likeness (QED) is 0.482. The fourth-order valence-corrected chi connectivity index (χ4v) is 4.01. The molecule has 1 fully saturated rings. The molecule has 1 aliphatic rings. The molecular formula is C20H22N2O3S. The van der Waals surface area contributed by atoms with E-state index in [1.807, 2.05) is 42.6 Å². The zero-order chi connectivity index (χ0) is 18.7. The Hall–Kier alpha value is -2.44. The van der Waals surface area contributed by atoms with E-state index in [0.29, 0.717) is 12.1 Å². The molecule has 1 atom stereocenters. The van der Waals surface area contributed by atoms with Crippen molar-refractivity contribution in [1.29, 1.82) is 0 Å². The third-order valence-electron chi connectivity index (χ3n) is 4.40. The lowest BCUT2D eigenvalue weighted by Gasteiger charge is -2.24. The summed E-state index contributed by atoms with van der Waals surface area (Å²) in [6, 6.07) is 12.2. The van der Waals surface area contributed by atoms with Crippen molar-refractivity contribution in [2.75, 3.05) is 27.2 Å². The molecule has 1 N–H and O–H groups in total. The van der Waals surface area contributed by atoms with Gasteiger partial charge >= 0.3 is 0 Å². The van der Waals surface area contributed by atoms with E-state index in [0.717, 1.165) is 17.8 Å². The number of carbonyl (C=O) groups is 2. The van der Waals surface area contributed by atoms with Crippen molar-refractivity contribution < 1.29 is 14.7 Å². The molecule has 5 nitrogen and oxygen atoms in total. The number of ketones is 1. The van der Waals surface area contributed by atoms with Gasteiger partial charge < -0.3 is 14.9 Å². The first kappa shape index (κ1) is 18.4. The third-order valence-corrected chi connectivity index (χ3v) is 5.33. The largest absolute Gasteiger partial charge is 0.507 e. The summed E-state index contributed by atoms with van der Waals surface area (Å²) in [5, 5.41) is 12.7. The van der Waals surface area contributed by atoms with Crippen LogP contribution in [0.25, 0.3) is 5.76 Å². The van der Waals surface area contributed by atoms with Crippen molar-refractivity contribution in [2.24, 2.45) is 0 Å². The zero-order valence-electron chi connectivity index (χ0n) is 14.9. The summed E-state index contributed by atoms with van der Waals surface area (Å²) in [6.45, 7) is 1.29. The van der Waals surface area contributed by atoms with Crippen molar-refractivity contribution in [3.05, 3.63) is 63.9 Å². The van der Waals surface area contributed by atoms with Crippen LogP contribution in [-0.4, -0.2) is 53.8 Å². The second kappa shape index (κ2) is 7.85. The molecular weight excluding hydrogens is 348 g/mol. The van der Waals surface area contributed by atoms with Crippen molar-refractivity contribution in [3.8, 4) is 0 Å². The fraction of sp³-hybridized carbons (Fsp3) is 0.300. The van der Waals surface area contributed by atoms with E-state index in [1.165, 1.54) is 11.3 Å². The van der Waals surface area contributed by atoms with Gasteiger partial charge in [-0.2, -0.15) is 0 Å². The number of Topliss-reactive ketones (excluding diaryl/α,β-unsaturated/α-hetero) is 1. The Morgan fingerprint density at radius 2 is 1.88 bits per heavy atom. The minimum absolute atomic E-state index is 0.113. The van der Waals surface area contributed by atoms with Crippen LogP contribution in [0.3, 0.4) is 0 Å². The molecule has 3 rings (SSSR count). The fourth-order valence-electron chi connectivity index (χ4n) is 3.16. The summed E-state index contributed by atoms with van der Waals surface area (Å²) in [7, 11) is 3.94. The van der Waals surface area contributed by atoms with E-state index in [9.17, 15) is 14.7 Å². The second-order valence-corrected chi connectivity index (χ2v) is 7.51. The van der Waals surface area contributed by atoms with Gasteiger partial charge in [0.25, 0.3) is 11.7 Å². The number of hydrogen-bond acceptors (Lipinski definition) is 5. The van der Waals surface area contributed by atoms with Gasteiger partial charge in [0, 0.05) is 17.0 Å². The lowest BCUT2D eigenvalue weighted by molar-refractivity contribution is -0.139. The van der Waals surface area contributed by atoms with E-state index in [1.54, 1.807) is 29.2 Å². The first-order chi connectivity index (χ1) is 12.5. The molecule has 26 heavy (non-hydrogen) atoms. The minimum Gasteiger partial charge on any atom is -0.507 e. The average molecular weight is 370 g/mol. The predicted molar refractivity (Wildman–Crippen MR) is 103 cm³/mol. The number of benzene rings is 1. The molecule has 0 spiro atoms. The standard InChI is InChI=1S/C20H22N2O3S/c1-21(2)11-7-12-22-17(15-10-6-13-26-15)16(19(24)20(22)25)18(23)14-8-4-3-5-9-14/h3-6,8-10,13,17,23H,7,11-12H2,1-2H3/b18-16-. The van der Waals surface area contributed by atoms with Gasteiger partial charge in [-0.3, -0.25) is 9.59 Å². The minimum atomic E-state index is -0.616. The Morgan fingerprint density at radius 3 is 2.50 bits per heavy atom. The van der Waals surface area contributed by atoms with Crippen LogP contribution >= 0.6 is 11.3 Å². The van der Waals surface area contributed by atoms with E-state index < -0.39 is 17.7 Å².